The maximum atomic E-state index is 12.2. The van der Waals surface area contributed by atoms with Crippen molar-refractivity contribution in [2.24, 2.45) is 5.92 Å². The molecule has 26 heavy (non-hydrogen) atoms. The number of carbonyl (C=O) groups is 2. The summed E-state index contributed by atoms with van der Waals surface area (Å²) in [6.45, 7) is 1.33. The Labute approximate surface area is 153 Å². The third-order valence-electron chi connectivity index (χ3n) is 4.78. The number of aromatic carboxylic acids is 1. The minimum atomic E-state index is -0.916. The van der Waals surface area contributed by atoms with Crippen LogP contribution < -0.4 is 10.6 Å². The van der Waals surface area contributed by atoms with Gasteiger partial charge in [-0.2, -0.15) is 0 Å². The van der Waals surface area contributed by atoms with E-state index >= 15 is 0 Å². The van der Waals surface area contributed by atoms with Gasteiger partial charge >= 0.3 is 5.97 Å². The van der Waals surface area contributed by atoms with E-state index in [1.807, 2.05) is 36.4 Å². The molecule has 1 amide bonds. The standard InChI is InChI=1S/C21H24N2O3/c24-20(17-5-1-2-6-17)23-19-7-3-4-16(12-19)14-22-13-15-8-10-18(11-9-15)21(25)26/h3-4,7-12,17,22H,1-2,5-6,13-14H2,(H,23,24)(H,25,26). The van der Waals surface area contributed by atoms with Gasteiger partial charge in [0, 0.05) is 24.7 Å². The molecule has 1 saturated carbocycles. The molecule has 5 heteroatoms. The van der Waals surface area contributed by atoms with Crippen LogP contribution in [0.4, 0.5) is 5.69 Å². The van der Waals surface area contributed by atoms with Gasteiger partial charge in [0.05, 0.1) is 5.56 Å². The fraction of sp³-hybridized carbons (Fsp3) is 0.333. The van der Waals surface area contributed by atoms with Gasteiger partial charge in [-0.25, -0.2) is 4.79 Å². The lowest BCUT2D eigenvalue weighted by atomic mass is 10.1. The largest absolute Gasteiger partial charge is 0.478 e. The van der Waals surface area contributed by atoms with Gasteiger partial charge in [-0.1, -0.05) is 37.1 Å². The lowest BCUT2D eigenvalue weighted by molar-refractivity contribution is -0.119. The maximum Gasteiger partial charge on any atom is 0.335 e. The van der Waals surface area contributed by atoms with Crippen LogP contribution in [-0.4, -0.2) is 17.0 Å². The highest BCUT2D eigenvalue weighted by Gasteiger charge is 2.22. The molecule has 1 aliphatic carbocycles. The number of hydrogen-bond acceptors (Lipinski definition) is 3. The van der Waals surface area contributed by atoms with Crippen LogP contribution in [-0.2, 0) is 17.9 Å². The number of benzene rings is 2. The summed E-state index contributed by atoms with van der Waals surface area (Å²) >= 11 is 0. The number of anilines is 1. The maximum absolute atomic E-state index is 12.2. The second-order valence-corrected chi connectivity index (χ2v) is 6.78. The Hall–Kier alpha value is -2.66. The molecule has 1 fully saturated rings. The van der Waals surface area contributed by atoms with Crippen LogP contribution in [0, 0.1) is 5.92 Å². The van der Waals surface area contributed by atoms with Gasteiger partial charge in [0.15, 0.2) is 0 Å². The molecule has 0 spiro atoms. The molecule has 1 aliphatic rings. The fourth-order valence-electron chi connectivity index (χ4n) is 3.31. The fourth-order valence-corrected chi connectivity index (χ4v) is 3.31. The van der Waals surface area contributed by atoms with Crippen molar-refractivity contribution in [2.45, 2.75) is 38.8 Å². The number of amides is 1. The summed E-state index contributed by atoms with van der Waals surface area (Å²) < 4.78 is 0. The average molecular weight is 352 g/mol. The Kier molecular flexibility index (Phi) is 6.02. The number of carbonyl (C=O) groups excluding carboxylic acids is 1. The third-order valence-corrected chi connectivity index (χ3v) is 4.78. The van der Waals surface area contributed by atoms with E-state index in [2.05, 4.69) is 10.6 Å². The van der Waals surface area contributed by atoms with Crippen molar-refractivity contribution in [2.75, 3.05) is 5.32 Å². The van der Waals surface area contributed by atoms with Gasteiger partial charge in [0.25, 0.3) is 0 Å². The van der Waals surface area contributed by atoms with Crippen LogP contribution in [0.5, 0.6) is 0 Å². The topological polar surface area (TPSA) is 78.4 Å². The third kappa shape index (κ3) is 4.92. The Morgan fingerprint density at radius 2 is 1.65 bits per heavy atom. The molecule has 3 rings (SSSR count). The van der Waals surface area contributed by atoms with E-state index in [9.17, 15) is 9.59 Å². The van der Waals surface area contributed by atoms with Crippen molar-refractivity contribution in [3.8, 4) is 0 Å². The molecular weight excluding hydrogens is 328 g/mol. The first-order valence-electron chi connectivity index (χ1n) is 9.04. The molecule has 0 bridgehead atoms. The molecule has 2 aromatic carbocycles. The minimum Gasteiger partial charge on any atom is -0.478 e. The monoisotopic (exact) mass is 352 g/mol. The van der Waals surface area contributed by atoms with E-state index in [1.165, 1.54) is 0 Å². The van der Waals surface area contributed by atoms with Crippen LogP contribution in [0.25, 0.3) is 0 Å². The first-order valence-corrected chi connectivity index (χ1v) is 9.04. The Bertz CT molecular complexity index is 765. The summed E-state index contributed by atoms with van der Waals surface area (Å²) in [6, 6.07) is 14.7. The summed E-state index contributed by atoms with van der Waals surface area (Å²) in [6.07, 6.45) is 4.28. The average Bonchev–Trinajstić information content (AvgIpc) is 3.17. The number of hydrogen-bond donors (Lipinski definition) is 3. The van der Waals surface area contributed by atoms with Crippen molar-refractivity contribution >= 4 is 17.6 Å². The van der Waals surface area contributed by atoms with Gasteiger partial charge in [-0.15, -0.1) is 0 Å². The molecule has 0 heterocycles. The molecule has 0 aromatic heterocycles. The highest BCUT2D eigenvalue weighted by molar-refractivity contribution is 5.92. The zero-order valence-electron chi connectivity index (χ0n) is 14.7. The van der Waals surface area contributed by atoms with E-state index in [0.717, 1.165) is 42.5 Å². The molecule has 0 radical (unpaired) electrons. The summed E-state index contributed by atoms with van der Waals surface area (Å²) in [4.78, 5) is 23.1. The Morgan fingerprint density at radius 1 is 0.962 bits per heavy atom. The van der Waals surface area contributed by atoms with Crippen molar-refractivity contribution in [1.29, 1.82) is 0 Å². The number of rotatable bonds is 7. The van der Waals surface area contributed by atoms with Crippen LogP contribution in [0.2, 0.25) is 0 Å². The normalized spacial score (nSPS) is 14.3. The van der Waals surface area contributed by atoms with E-state index in [-0.39, 0.29) is 11.8 Å². The van der Waals surface area contributed by atoms with Crippen LogP contribution in [0.3, 0.4) is 0 Å². The lowest BCUT2D eigenvalue weighted by Crippen LogP contribution is -2.20. The molecule has 2 aromatic rings. The molecule has 0 unspecified atom stereocenters. The SMILES string of the molecule is O=C(O)c1ccc(CNCc2cccc(NC(=O)C3CCCC3)c2)cc1. The second-order valence-electron chi connectivity index (χ2n) is 6.78. The first kappa shape index (κ1) is 18.1. The minimum absolute atomic E-state index is 0.131. The van der Waals surface area contributed by atoms with E-state index in [4.69, 9.17) is 5.11 Å². The highest BCUT2D eigenvalue weighted by Crippen LogP contribution is 2.26. The van der Waals surface area contributed by atoms with Crippen molar-refractivity contribution < 1.29 is 14.7 Å². The zero-order valence-corrected chi connectivity index (χ0v) is 14.7. The molecular formula is C21H24N2O3. The molecule has 0 saturated heterocycles. The van der Waals surface area contributed by atoms with Gasteiger partial charge in [0.1, 0.15) is 0 Å². The van der Waals surface area contributed by atoms with Crippen molar-refractivity contribution in [1.82, 2.24) is 5.32 Å². The summed E-state index contributed by atoms with van der Waals surface area (Å²) in [5.74, 6) is -0.627. The summed E-state index contributed by atoms with van der Waals surface area (Å²) in [7, 11) is 0. The van der Waals surface area contributed by atoms with Gasteiger partial charge in [-0.3, -0.25) is 4.79 Å². The van der Waals surface area contributed by atoms with Gasteiger partial charge < -0.3 is 15.7 Å². The lowest BCUT2D eigenvalue weighted by Gasteiger charge is -2.12. The smallest absolute Gasteiger partial charge is 0.335 e. The summed E-state index contributed by atoms with van der Waals surface area (Å²) in [5, 5.41) is 15.3. The predicted octanol–water partition coefficient (Wildman–Crippen LogP) is 3.80. The number of carboxylic acids is 1. The van der Waals surface area contributed by atoms with E-state index < -0.39 is 5.97 Å². The van der Waals surface area contributed by atoms with E-state index in [0.29, 0.717) is 18.7 Å². The molecule has 5 nitrogen and oxygen atoms in total. The van der Waals surface area contributed by atoms with E-state index in [1.54, 1.807) is 12.1 Å². The Morgan fingerprint density at radius 3 is 2.35 bits per heavy atom. The first-order chi connectivity index (χ1) is 12.6. The van der Waals surface area contributed by atoms with Crippen LogP contribution in [0.15, 0.2) is 48.5 Å². The number of carboxylic acid groups (broad SMARTS) is 1. The predicted molar refractivity (Wildman–Crippen MR) is 101 cm³/mol. The highest BCUT2D eigenvalue weighted by atomic mass is 16.4. The molecule has 136 valence electrons. The molecule has 0 atom stereocenters. The quantitative estimate of drug-likeness (QED) is 0.708. The number of nitrogens with one attached hydrogen (secondary N) is 2. The molecule has 0 aliphatic heterocycles. The van der Waals surface area contributed by atoms with Crippen molar-refractivity contribution in [3.05, 3.63) is 65.2 Å². The van der Waals surface area contributed by atoms with Crippen LogP contribution >= 0.6 is 0 Å². The summed E-state index contributed by atoms with van der Waals surface area (Å²) in [5.41, 5.74) is 3.25. The second kappa shape index (κ2) is 8.63. The zero-order chi connectivity index (χ0) is 18.4. The molecule has 3 N–H and O–H groups in total. The Balaban J connectivity index is 1.50. The van der Waals surface area contributed by atoms with Crippen LogP contribution in [0.1, 0.15) is 47.2 Å². The van der Waals surface area contributed by atoms with Gasteiger partial charge in [-0.05, 0) is 48.2 Å². The van der Waals surface area contributed by atoms with Gasteiger partial charge in [0.2, 0.25) is 5.91 Å². The van der Waals surface area contributed by atoms with Crippen molar-refractivity contribution in [3.63, 3.8) is 0 Å².